The normalized spacial score (nSPS) is 11.9. The van der Waals surface area contributed by atoms with Crippen molar-refractivity contribution in [3.63, 3.8) is 0 Å². The van der Waals surface area contributed by atoms with Crippen molar-refractivity contribution in [2.24, 2.45) is 0 Å². The highest BCUT2D eigenvalue weighted by Gasteiger charge is 2.30. The summed E-state index contributed by atoms with van der Waals surface area (Å²) in [6.07, 6.45) is -1.62. The number of benzene rings is 1. The first-order chi connectivity index (χ1) is 13.3. The summed E-state index contributed by atoms with van der Waals surface area (Å²) in [4.78, 5) is 16.6. The van der Waals surface area contributed by atoms with Crippen molar-refractivity contribution in [3.8, 4) is 16.9 Å². The third-order valence-electron chi connectivity index (χ3n) is 3.95. The molecule has 1 aromatic carbocycles. The lowest BCUT2D eigenvalue weighted by Crippen LogP contribution is -2.21. The molecule has 28 heavy (non-hydrogen) atoms. The van der Waals surface area contributed by atoms with Crippen LogP contribution >= 0.6 is 0 Å². The summed E-state index contributed by atoms with van der Waals surface area (Å²) in [6.45, 7) is 1.84. The number of halogens is 3. The number of pyridine rings is 1. The molecule has 0 radical (unpaired) electrons. The first-order valence-electron chi connectivity index (χ1n) is 8.15. The molecule has 4 aromatic rings. The quantitative estimate of drug-likeness (QED) is 0.534. The average Bonchev–Trinajstić information content (AvgIpc) is 3.18. The number of aromatic nitrogens is 4. The van der Waals surface area contributed by atoms with Gasteiger partial charge in [0.15, 0.2) is 5.65 Å². The van der Waals surface area contributed by atoms with E-state index in [1.807, 2.05) is 0 Å². The molecule has 0 saturated carbocycles. The standard InChI is InChI=1S/C18H13F3N4O3/c1-11-8-22-16(27-11)10-25-17(26)24-9-13(4-7-15(24)23-25)12-2-5-14(6-3-12)28-18(19,20)21/h2-9H,10H2,1H3. The van der Waals surface area contributed by atoms with Crippen LogP contribution in [0.4, 0.5) is 13.2 Å². The van der Waals surface area contributed by atoms with Crippen molar-refractivity contribution in [1.82, 2.24) is 19.2 Å². The van der Waals surface area contributed by atoms with Crippen molar-refractivity contribution < 1.29 is 22.3 Å². The lowest BCUT2D eigenvalue weighted by Gasteiger charge is -2.09. The molecule has 0 fully saturated rings. The van der Waals surface area contributed by atoms with E-state index < -0.39 is 6.36 Å². The van der Waals surface area contributed by atoms with Crippen LogP contribution in [0.3, 0.4) is 0 Å². The molecule has 10 heteroatoms. The van der Waals surface area contributed by atoms with Gasteiger partial charge in [-0.3, -0.25) is 0 Å². The summed E-state index contributed by atoms with van der Waals surface area (Å²) in [6, 6.07) is 8.75. The van der Waals surface area contributed by atoms with E-state index in [9.17, 15) is 18.0 Å². The number of alkyl halides is 3. The maximum atomic E-state index is 12.6. The van der Waals surface area contributed by atoms with E-state index in [4.69, 9.17) is 4.42 Å². The summed E-state index contributed by atoms with van der Waals surface area (Å²) in [7, 11) is 0. The first-order valence-corrected chi connectivity index (χ1v) is 8.15. The smallest absolute Gasteiger partial charge is 0.444 e. The molecule has 4 rings (SSSR count). The van der Waals surface area contributed by atoms with Crippen LogP contribution in [0.2, 0.25) is 0 Å². The second-order valence-corrected chi connectivity index (χ2v) is 6.02. The van der Waals surface area contributed by atoms with Crippen LogP contribution < -0.4 is 10.4 Å². The van der Waals surface area contributed by atoms with Crippen molar-refractivity contribution in [2.75, 3.05) is 0 Å². The van der Waals surface area contributed by atoms with Crippen molar-refractivity contribution >= 4 is 5.65 Å². The monoisotopic (exact) mass is 390 g/mol. The van der Waals surface area contributed by atoms with Crippen LogP contribution in [0.1, 0.15) is 11.7 Å². The molecule has 7 nitrogen and oxygen atoms in total. The molecular formula is C18H13F3N4O3. The maximum Gasteiger partial charge on any atom is 0.573 e. The van der Waals surface area contributed by atoms with Crippen LogP contribution in [0.5, 0.6) is 5.75 Å². The van der Waals surface area contributed by atoms with Gasteiger partial charge >= 0.3 is 12.1 Å². The van der Waals surface area contributed by atoms with Gasteiger partial charge < -0.3 is 9.15 Å². The van der Waals surface area contributed by atoms with Crippen LogP contribution in [0.15, 0.2) is 58.0 Å². The Morgan fingerprint density at radius 3 is 2.46 bits per heavy atom. The highest BCUT2D eigenvalue weighted by Crippen LogP contribution is 2.26. The molecular weight excluding hydrogens is 377 g/mol. The average molecular weight is 390 g/mol. The number of nitrogens with zero attached hydrogens (tertiary/aromatic N) is 4. The predicted octanol–water partition coefficient (Wildman–Crippen LogP) is 3.41. The molecule has 0 bridgehead atoms. The van der Waals surface area contributed by atoms with Gasteiger partial charge in [-0.05, 0) is 42.3 Å². The molecule has 0 amide bonds. The Kier molecular flexibility index (Phi) is 4.17. The summed E-state index contributed by atoms with van der Waals surface area (Å²) in [5, 5.41) is 4.23. The van der Waals surface area contributed by atoms with E-state index in [1.54, 1.807) is 31.5 Å². The molecule has 3 aromatic heterocycles. The Bertz CT molecular complexity index is 1190. The van der Waals surface area contributed by atoms with Crippen LogP contribution in [0.25, 0.3) is 16.8 Å². The number of fused-ring (bicyclic) bond motifs is 1. The van der Waals surface area contributed by atoms with Crippen LogP contribution in [0, 0.1) is 6.92 Å². The van der Waals surface area contributed by atoms with Gasteiger partial charge in [-0.25, -0.2) is 18.9 Å². The number of ether oxygens (including phenoxy) is 1. The van der Waals surface area contributed by atoms with E-state index in [1.165, 1.54) is 33.3 Å². The molecule has 0 spiro atoms. The van der Waals surface area contributed by atoms with Crippen LogP contribution in [-0.2, 0) is 6.54 Å². The third kappa shape index (κ3) is 3.61. The van der Waals surface area contributed by atoms with E-state index in [2.05, 4.69) is 14.8 Å². The summed E-state index contributed by atoms with van der Waals surface area (Å²) in [5.74, 6) is 0.680. The molecule has 0 aliphatic heterocycles. The number of oxazole rings is 1. The van der Waals surface area contributed by atoms with Gasteiger partial charge in [0.05, 0.1) is 6.20 Å². The second kappa shape index (κ2) is 6.55. The molecule has 0 atom stereocenters. The summed E-state index contributed by atoms with van der Waals surface area (Å²) < 4.78 is 48.6. The maximum absolute atomic E-state index is 12.6. The highest BCUT2D eigenvalue weighted by molar-refractivity contribution is 5.65. The largest absolute Gasteiger partial charge is 0.573 e. The Balaban J connectivity index is 1.64. The van der Waals surface area contributed by atoms with Gasteiger partial charge in [0, 0.05) is 6.20 Å². The third-order valence-corrected chi connectivity index (χ3v) is 3.95. The molecule has 0 aliphatic rings. The van der Waals surface area contributed by atoms with Crippen molar-refractivity contribution in [2.45, 2.75) is 19.8 Å². The predicted molar refractivity (Wildman–Crippen MR) is 91.9 cm³/mol. The van der Waals surface area contributed by atoms with E-state index in [0.29, 0.717) is 28.4 Å². The Morgan fingerprint density at radius 2 is 1.82 bits per heavy atom. The molecule has 144 valence electrons. The molecule has 3 heterocycles. The Hall–Kier alpha value is -3.56. The molecule has 0 unspecified atom stereocenters. The lowest BCUT2D eigenvalue weighted by molar-refractivity contribution is -0.274. The van der Waals surface area contributed by atoms with Gasteiger partial charge in [-0.1, -0.05) is 12.1 Å². The van der Waals surface area contributed by atoms with Crippen LogP contribution in [-0.4, -0.2) is 25.5 Å². The minimum atomic E-state index is -4.75. The van der Waals surface area contributed by atoms with Gasteiger partial charge in [-0.15, -0.1) is 18.3 Å². The fraction of sp³-hybridized carbons (Fsp3) is 0.167. The molecule has 0 aliphatic carbocycles. The number of hydrogen-bond donors (Lipinski definition) is 0. The minimum absolute atomic E-state index is 0.0904. The minimum Gasteiger partial charge on any atom is -0.444 e. The number of aryl methyl sites for hydroxylation is 1. The van der Waals surface area contributed by atoms with Crippen molar-refractivity contribution in [1.29, 1.82) is 0 Å². The van der Waals surface area contributed by atoms with Crippen molar-refractivity contribution in [3.05, 3.63) is 70.9 Å². The summed E-state index contributed by atoms with van der Waals surface area (Å²) in [5.41, 5.74) is 1.30. The Labute approximate surface area is 155 Å². The van der Waals surface area contributed by atoms with Gasteiger partial charge in [0.25, 0.3) is 0 Å². The van der Waals surface area contributed by atoms with Gasteiger partial charge in [-0.2, -0.15) is 0 Å². The fourth-order valence-corrected chi connectivity index (χ4v) is 2.74. The highest BCUT2D eigenvalue weighted by atomic mass is 19.4. The molecule has 0 saturated heterocycles. The second-order valence-electron chi connectivity index (χ2n) is 6.02. The lowest BCUT2D eigenvalue weighted by atomic mass is 10.1. The zero-order valence-corrected chi connectivity index (χ0v) is 14.5. The number of hydrogen-bond acceptors (Lipinski definition) is 5. The van der Waals surface area contributed by atoms with E-state index in [0.717, 1.165) is 0 Å². The number of rotatable bonds is 4. The zero-order valence-electron chi connectivity index (χ0n) is 14.5. The van der Waals surface area contributed by atoms with E-state index in [-0.39, 0.29) is 18.0 Å². The van der Waals surface area contributed by atoms with Gasteiger partial charge in [0.2, 0.25) is 5.89 Å². The topological polar surface area (TPSA) is 74.6 Å². The fourth-order valence-electron chi connectivity index (χ4n) is 2.74. The summed E-state index contributed by atoms with van der Waals surface area (Å²) >= 11 is 0. The Morgan fingerprint density at radius 1 is 1.11 bits per heavy atom. The first kappa shape index (κ1) is 17.8. The SMILES string of the molecule is Cc1cnc(Cn2nc3ccc(-c4ccc(OC(F)(F)F)cc4)cn3c2=O)o1. The van der Waals surface area contributed by atoms with Gasteiger partial charge in [0.1, 0.15) is 18.1 Å². The van der Waals surface area contributed by atoms with E-state index >= 15 is 0 Å². The zero-order chi connectivity index (χ0) is 19.9. The molecule has 0 N–H and O–H groups in total.